The molecule has 4 aliphatic rings. The Morgan fingerprint density at radius 2 is 1.93 bits per heavy atom. The summed E-state index contributed by atoms with van der Waals surface area (Å²) in [5, 5.41) is 0. The first-order valence-electron chi connectivity index (χ1n) is 12.5. The average molecular weight is 531 g/mol. The van der Waals surface area contributed by atoms with E-state index in [1.165, 1.54) is 86.3 Å². The Kier molecular flexibility index (Phi) is 7.39. The van der Waals surface area contributed by atoms with Gasteiger partial charge in [0.2, 0.25) is 0 Å². The summed E-state index contributed by atoms with van der Waals surface area (Å²) in [6.07, 6.45) is 20.2. The monoisotopic (exact) mass is 530 g/mol. The summed E-state index contributed by atoms with van der Waals surface area (Å²) >= 11 is 2.28. The number of hydrogen-bond donors (Lipinski definition) is 0. The van der Waals surface area contributed by atoms with Crippen LogP contribution < -0.4 is 0 Å². The Morgan fingerprint density at radius 3 is 2.69 bits per heavy atom. The predicted octanol–water partition coefficient (Wildman–Crippen LogP) is 9.17. The standard InChI is InChI=1S/C26H43IOS/c1-18(2)7-5-6-8-19-10-12-23-22-11-9-20-17-21(28-29-27)13-15-26(20,4)24(22)14-16-25(19,23)3/h9,18-19,21-24H,5-8,10-17H2,1-4H3/t19-,21-,22-,23?,24?,25+,26?/m0/s1. The Labute approximate surface area is 196 Å². The van der Waals surface area contributed by atoms with Crippen LogP contribution in [0.5, 0.6) is 0 Å². The van der Waals surface area contributed by atoms with Gasteiger partial charge in [-0.3, -0.25) is 0 Å². The van der Waals surface area contributed by atoms with Gasteiger partial charge in [-0.05, 0) is 98.2 Å². The van der Waals surface area contributed by atoms with Crippen molar-refractivity contribution in [2.75, 3.05) is 0 Å². The van der Waals surface area contributed by atoms with Crippen molar-refractivity contribution in [2.24, 2.45) is 40.4 Å². The van der Waals surface area contributed by atoms with Gasteiger partial charge in [-0.1, -0.05) is 58.6 Å². The first-order chi connectivity index (χ1) is 13.9. The van der Waals surface area contributed by atoms with Crippen LogP contribution in [-0.2, 0) is 4.18 Å². The molecule has 0 heterocycles. The largest absolute Gasteiger partial charge is 0.302 e. The Hall–Kier alpha value is 0.780. The van der Waals surface area contributed by atoms with Crippen molar-refractivity contribution >= 4 is 30.4 Å². The van der Waals surface area contributed by atoms with E-state index in [2.05, 4.69) is 55.0 Å². The molecule has 0 amide bonds. The number of unbranched alkanes of at least 4 members (excludes halogenated alkanes) is 1. The number of halogens is 1. The number of hydrogen-bond acceptors (Lipinski definition) is 2. The zero-order valence-corrected chi connectivity index (χ0v) is 22.2. The van der Waals surface area contributed by atoms with Crippen LogP contribution in [0.15, 0.2) is 11.6 Å². The van der Waals surface area contributed by atoms with E-state index in [9.17, 15) is 0 Å². The molecule has 4 rings (SSSR count). The van der Waals surface area contributed by atoms with Crippen molar-refractivity contribution in [3.05, 3.63) is 11.6 Å². The van der Waals surface area contributed by atoms with Gasteiger partial charge >= 0.3 is 0 Å². The van der Waals surface area contributed by atoms with E-state index in [0.29, 0.717) is 16.9 Å². The second kappa shape index (κ2) is 9.33. The fourth-order valence-corrected chi connectivity index (χ4v) is 9.44. The van der Waals surface area contributed by atoms with E-state index in [0.717, 1.165) is 29.6 Å². The van der Waals surface area contributed by atoms with Gasteiger partial charge in [-0.15, -0.1) is 0 Å². The summed E-state index contributed by atoms with van der Waals surface area (Å²) in [7, 11) is 1.53. The zero-order valence-electron chi connectivity index (χ0n) is 19.2. The van der Waals surface area contributed by atoms with Gasteiger partial charge in [0.25, 0.3) is 0 Å². The van der Waals surface area contributed by atoms with E-state index in [-0.39, 0.29) is 0 Å². The maximum absolute atomic E-state index is 5.94. The second-order valence-corrected chi connectivity index (χ2v) is 13.2. The van der Waals surface area contributed by atoms with Crippen LogP contribution in [0.3, 0.4) is 0 Å². The number of fused-ring (bicyclic) bond motifs is 5. The highest BCUT2D eigenvalue weighted by Crippen LogP contribution is 2.66. The van der Waals surface area contributed by atoms with E-state index in [4.69, 9.17) is 4.18 Å². The van der Waals surface area contributed by atoms with E-state index >= 15 is 0 Å². The molecule has 0 aromatic heterocycles. The molecular formula is C26H43IOS. The molecule has 0 radical (unpaired) electrons. The number of allylic oxidation sites excluding steroid dienone is 1. The van der Waals surface area contributed by atoms with Crippen LogP contribution in [0.4, 0.5) is 0 Å². The van der Waals surface area contributed by atoms with E-state index < -0.39 is 0 Å². The molecule has 0 aliphatic heterocycles. The molecule has 7 atom stereocenters. The lowest BCUT2D eigenvalue weighted by molar-refractivity contribution is -0.0483. The minimum Gasteiger partial charge on any atom is -0.302 e. The molecule has 1 nitrogen and oxygen atoms in total. The highest BCUT2D eigenvalue weighted by Gasteiger charge is 2.58. The van der Waals surface area contributed by atoms with Crippen LogP contribution in [0.2, 0.25) is 0 Å². The van der Waals surface area contributed by atoms with Crippen molar-refractivity contribution in [3.63, 3.8) is 0 Å². The van der Waals surface area contributed by atoms with Crippen molar-refractivity contribution in [1.29, 1.82) is 0 Å². The maximum Gasteiger partial charge on any atom is 0.0769 e. The molecule has 3 unspecified atom stereocenters. The molecular weight excluding hydrogens is 487 g/mol. The molecule has 0 bridgehead atoms. The first-order valence-corrected chi connectivity index (χ1v) is 15.8. The first kappa shape index (κ1) is 23.0. The molecule has 0 aromatic rings. The summed E-state index contributed by atoms with van der Waals surface area (Å²) in [5.74, 6) is 4.76. The quantitative estimate of drug-likeness (QED) is 0.140. The van der Waals surface area contributed by atoms with E-state index in [1.54, 1.807) is 5.57 Å². The van der Waals surface area contributed by atoms with Crippen LogP contribution in [0, 0.1) is 40.4 Å². The lowest BCUT2D eigenvalue weighted by Crippen LogP contribution is -2.50. The van der Waals surface area contributed by atoms with Gasteiger partial charge in [0.15, 0.2) is 0 Å². The smallest absolute Gasteiger partial charge is 0.0769 e. The minimum absolute atomic E-state index is 0.448. The topological polar surface area (TPSA) is 9.23 Å². The van der Waals surface area contributed by atoms with Gasteiger partial charge in [-0.2, -0.15) is 0 Å². The SMILES string of the molecule is CC(C)CCCC[C@H]1CCC2[C@@H]3CC=C4C[C@@H](OSI)CCC4(C)C3CC[C@@]21C. The fourth-order valence-electron chi connectivity index (χ4n) is 8.29. The highest BCUT2D eigenvalue weighted by molar-refractivity contribution is 14.2. The van der Waals surface area contributed by atoms with Crippen LogP contribution in [0.1, 0.15) is 105 Å². The lowest BCUT2D eigenvalue weighted by atomic mass is 9.47. The van der Waals surface area contributed by atoms with Crippen LogP contribution in [0.25, 0.3) is 0 Å². The molecule has 3 fully saturated rings. The Bertz CT molecular complexity index is 604. The van der Waals surface area contributed by atoms with Gasteiger partial charge in [-0.25, -0.2) is 0 Å². The van der Waals surface area contributed by atoms with Crippen LogP contribution >= 0.6 is 30.4 Å². The normalized spacial score (nSPS) is 44.2. The molecule has 0 aromatic carbocycles. The third-order valence-electron chi connectivity index (χ3n) is 10.0. The van der Waals surface area contributed by atoms with E-state index in [1.807, 2.05) is 0 Å². The van der Waals surface area contributed by atoms with Gasteiger partial charge in [0, 0.05) is 21.2 Å². The summed E-state index contributed by atoms with van der Waals surface area (Å²) < 4.78 is 5.94. The molecule has 4 aliphatic carbocycles. The fraction of sp³-hybridized carbons (Fsp3) is 0.923. The third kappa shape index (κ3) is 4.36. The zero-order chi connectivity index (χ0) is 20.6. The minimum atomic E-state index is 0.448. The third-order valence-corrected chi connectivity index (χ3v) is 11.0. The lowest BCUT2D eigenvalue weighted by Gasteiger charge is -2.58. The molecule has 29 heavy (non-hydrogen) atoms. The van der Waals surface area contributed by atoms with Gasteiger partial charge < -0.3 is 4.18 Å². The summed E-state index contributed by atoms with van der Waals surface area (Å²) in [6, 6.07) is 0. The van der Waals surface area contributed by atoms with Crippen molar-refractivity contribution in [3.8, 4) is 0 Å². The molecule has 166 valence electrons. The molecule has 3 saturated carbocycles. The summed E-state index contributed by atoms with van der Waals surface area (Å²) in [4.78, 5) is 0. The molecule has 0 saturated heterocycles. The number of rotatable bonds is 7. The summed E-state index contributed by atoms with van der Waals surface area (Å²) in [6.45, 7) is 10.1. The highest BCUT2D eigenvalue weighted by atomic mass is 127. The van der Waals surface area contributed by atoms with Crippen LogP contribution in [-0.4, -0.2) is 6.10 Å². The average Bonchev–Trinajstić information content (AvgIpc) is 3.02. The summed E-state index contributed by atoms with van der Waals surface area (Å²) in [5.41, 5.74) is 2.86. The Morgan fingerprint density at radius 1 is 1.10 bits per heavy atom. The predicted molar refractivity (Wildman–Crippen MR) is 135 cm³/mol. The molecule has 0 N–H and O–H groups in total. The molecule has 3 heteroatoms. The van der Waals surface area contributed by atoms with Crippen molar-refractivity contribution in [1.82, 2.24) is 0 Å². The molecule has 0 spiro atoms. The van der Waals surface area contributed by atoms with Crippen molar-refractivity contribution in [2.45, 2.75) is 111 Å². The maximum atomic E-state index is 5.94. The van der Waals surface area contributed by atoms with Gasteiger partial charge in [0.1, 0.15) is 0 Å². The van der Waals surface area contributed by atoms with Gasteiger partial charge in [0.05, 0.1) is 15.3 Å². The van der Waals surface area contributed by atoms with Crippen molar-refractivity contribution < 1.29 is 4.18 Å². The second-order valence-electron chi connectivity index (χ2n) is 11.8. The Balaban J connectivity index is 1.44.